The molecule has 96 valence electrons. The first kappa shape index (κ1) is 14.6. The fourth-order valence-corrected chi connectivity index (χ4v) is 2.61. The van der Waals surface area contributed by atoms with Gasteiger partial charge < -0.3 is 5.32 Å². The van der Waals surface area contributed by atoms with Crippen LogP contribution in [-0.2, 0) is 6.42 Å². The van der Waals surface area contributed by atoms with Gasteiger partial charge in [-0.2, -0.15) is 11.8 Å². The molecule has 1 atom stereocenters. The van der Waals surface area contributed by atoms with Crippen molar-refractivity contribution < 1.29 is 0 Å². The molecule has 0 heterocycles. The van der Waals surface area contributed by atoms with E-state index in [0.29, 0.717) is 6.04 Å². The fraction of sp³-hybridized carbons (Fsp3) is 0.600. The van der Waals surface area contributed by atoms with Crippen molar-refractivity contribution in [2.24, 2.45) is 0 Å². The van der Waals surface area contributed by atoms with Gasteiger partial charge in [0.1, 0.15) is 0 Å². The van der Waals surface area contributed by atoms with Gasteiger partial charge in [-0.05, 0) is 36.8 Å². The van der Waals surface area contributed by atoms with Gasteiger partial charge in [-0.25, -0.2) is 0 Å². The number of nitrogens with one attached hydrogen (secondary N) is 1. The zero-order valence-electron chi connectivity index (χ0n) is 11.3. The Hall–Kier alpha value is -0.470. The first-order valence-corrected chi connectivity index (χ1v) is 8.02. The van der Waals surface area contributed by atoms with E-state index in [1.54, 1.807) is 0 Å². The minimum absolute atomic E-state index is 0.501. The number of thioether (sulfide) groups is 1. The normalized spacial score (nSPS) is 12.6. The Labute approximate surface area is 110 Å². The average Bonchev–Trinajstić information content (AvgIpc) is 2.36. The fourth-order valence-electron chi connectivity index (χ4n) is 1.96. The van der Waals surface area contributed by atoms with Crippen LogP contribution in [0, 0.1) is 0 Å². The first-order valence-electron chi connectivity index (χ1n) is 6.63. The zero-order chi connectivity index (χ0) is 12.5. The second kappa shape index (κ2) is 8.60. The number of aryl methyl sites for hydroxylation is 1. The van der Waals surface area contributed by atoms with Crippen molar-refractivity contribution in [1.82, 2.24) is 5.32 Å². The van der Waals surface area contributed by atoms with E-state index in [9.17, 15) is 0 Å². The third-order valence-corrected chi connectivity index (χ3v) is 3.56. The molecule has 1 rings (SSSR count). The number of benzene rings is 1. The Morgan fingerprint density at radius 1 is 1.12 bits per heavy atom. The predicted octanol–water partition coefficient (Wildman–Crippen LogP) is 4.04. The van der Waals surface area contributed by atoms with E-state index in [-0.39, 0.29) is 0 Å². The number of hydrogen-bond donors (Lipinski definition) is 1. The predicted molar refractivity (Wildman–Crippen MR) is 79.9 cm³/mol. The summed E-state index contributed by atoms with van der Waals surface area (Å²) in [6.07, 6.45) is 5.78. The molecule has 0 fully saturated rings. The molecule has 17 heavy (non-hydrogen) atoms. The van der Waals surface area contributed by atoms with Gasteiger partial charge in [-0.3, -0.25) is 0 Å². The molecule has 1 unspecified atom stereocenters. The molecule has 0 spiro atoms. The lowest BCUT2D eigenvalue weighted by Crippen LogP contribution is -2.24. The molecule has 0 aromatic heterocycles. The lowest BCUT2D eigenvalue weighted by atomic mass is 10.0. The van der Waals surface area contributed by atoms with Gasteiger partial charge in [0, 0.05) is 11.8 Å². The average molecular weight is 251 g/mol. The van der Waals surface area contributed by atoms with Crippen molar-refractivity contribution in [3.05, 3.63) is 35.4 Å². The quantitative estimate of drug-likeness (QED) is 0.748. The summed E-state index contributed by atoms with van der Waals surface area (Å²) >= 11 is 1.91. The van der Waals surface area contributed by atoms with Crippen molar-refractivity contribution in [2.75, 3.05) is 18.6 Å². The summed E-state index contributed by atoms with van der Waals surface area (Å²) in [5, 5.41) is 3.62. The molecule has 1 aromatic rings. The molecule has 0 aliphatic rings. The molecular formula is C15H25NS. The second-order valence-corrected chi connectivity index (χ2v) is 5.36. The maximum atomic E-state index is 3.62. The molecular weight excluding hydrogens is 226 g/mol. The molecule has 1 nitrogen and oxygen atoms in total. The summed E-state index contributed by atoms with van der Waals surface area (Å²) in [4.78, 5) is 0. The monoisotopic (exact) mass is 251 g/mol. The molecule has 0 saturated carbocycles. The standard InChI is InChI=1S/C15H25NS/c1-4-6-13-7-9-14(10-8-13)15(12-17-3)16-11-5-2/h7-10,15-16H,4-6,11-12H2,1-3H3. The summed E-state index contributed by atoms with van der Waals surface area (Å²) in [5.41, 5.74) is 2.88. The Kier molecular flexibility index (Phi) is 7.38. The van der Waals surface area contributed by atoms with Gasteiger partial charge in [-0.1, -0.05) is 44.5 Å². The highest BCUT2D eigenvalue weighted by molar-refractivity contribution is 7.98. The summed E-state index contributed by atoms with van der Waals surface area (Å²) in [6, 6.07) is 9.63. The summed E-state index contributed by atoms with van der Waals surface area (Å²) in [7, 11) is 0. The van der Waals surface area contributed by atoms with Crippen LogP contribution in [0.1, 0.15) is 43.9 Å². The molecule has 0 radical (unpaired) electrons. The van der Waals surface area contributed by atoms with E-state index in [4.69, 9.17) is 0 Å². The first-order chi connectivity index (χ1) is 8.31. The van der Waals surface area contributed by atoms with Crippen LogP contribution in [0.5, 0.6) is 0 Å². The topological polar surface area (TPSA) is 12.0 Å². The van der Waals surface area contributed by atoms with Crippen LogP contribution in [0.4, 0.5) is 0 Å². The maximum absolute atomic E-state index is 3.62. The van der Waals surface area contributed by atoms with Gasteiger partial charge in [0.2, 0.25) is 0 Å². The van der Waals surface area contributed by atoms with Crippen LogP contribution in [0.25, 0.3) is 0 Å². The van der Waals surface area contributed by atoms with Crippen molar-refractivity contribution in [1.29, 1.82) is 0 Å². The van der Waals surface area contributed by atoms with E-state index >= 15 is 0 Å². The molecule has 0 aliphatic heterocycles. The summed E-state index contributed by atoms with van der Waals surface area (Å²) in [5.74, 6) is 1.15. The van der Waals surface area contributed by atoms with Crippen LogP contribution in [-0.4, -0.2) is 18.6 Å². The molecule has 0 saturated heterocycles. The molecule has 1 N–H and O–H groups in total. The van der Waals surface area contributed by atoms with Crippen LogP contribution >= 0.6 is 11.8 Å². The van der Waals surface area contributed by atoms with Gasteiger partial charge in [0.25, 0.3) is 0 Å². The van der Waals surface area contributed by atoms with Crippen molar-refractivity contribution >= 4 is 11.8 Å². The van der Waals surface area contributed by atoms with Gasteiger partial charge in [0.15, 0.2) is 0 Å². The molecule has 1 aromatic carbocycles. The maximum Gasteiger partial charge on any atom is 0.0411 e. The minimum Gasteiger partial charge on any atom is -0.309 e. The SMILES string of the molecule is CCCNC(CSC)c1ccc(CCC)cc1. The van der Waals surface area contributed by atoms with E-state index < -0.39 is 0 Å². The van der Waals surface area contributed by atoms with Crippen molar-refractivity contribution in [2.45, 2.75) is 39.2 Å². The Balaban J connectivity index is 2.65. The van der Waals surface area contributed by atoms with Crippen LogP contribution in [0.2, 0.25) is 0 Å². The molecule has 2 heteroatoms. The zero-order valence-corrected chi connectivity index (χ0v) is 12.1. The molecule has 0 bridgehead atoms. The van der Waals surface area contributed by atoms with Gasteiger partial charge in [-0.15, -0.1) is 0 Å². The minimum atomic E-state index is 0.501. The number of rotatable bonds is 8. The summed E-state index contributed by atoms with van der Waals surface area (Å²) in [6.45, 7) is 5.54. The number of hydrogen-bond acceptors (Lipinski definition) is 2. The van der Waals surface area contributed by atoms with E-state index in [1.807, 2.05) is 11.8 Å². The Morgan fingerprint density at radius 2 is 1.82 bits per heavy atom. The van der Waals surface area contributed by atoms with E-state index in [2.05, 4.69) is 49.7 Å². The lowest BCUT2D eigenvalue weighted by molar-refractivity contribution is 0.577. The second-order valence-electron chi connectivity index (χ2n) is 4.45. The summed E-state index contributed by atoms with van der Waals surface area (Å²) < 4.78 is 0. The van der Waals surface area contributed by atoms with Gasteiger partial charge in [0.05, 0.1) is 0 Å². The van der Waals surface area contributed by atoms with E-state index in [1.165, 1.54) is 30.4 Å². The van der Waals surface area contributed by atoms with Crippen LogP contribution < -0.4 is 5.32 Å². The highest BCUT2D eigenvalue weighted by Gasteiger charge is 2.09. The largest absolute Gasteiger partial charge is 0.309 e. The van der Waals surface area contributed by atoms with Crippen LogP contribution in [0.3, 0.4) is 0 Å². The molecule has 0 aliphatic carbocycles. The van der Waals surface area contributed by atoms with Crippen molar-refractivity contribution in [3.8, 4) is 0 Å². The highest BCUT2D eigenvalue weighted by Crippen LogP contribution is 2.18. The third-order valence-electron chi connectivity index (χ3n) is 2.89. The molecule has 0 amide bonds. The van der Waals surface area contributed by atoms with Gasteiger partial charge >= 0.3 is 0 Å². The van der Waals surface area contributed by atoms with Crippen molar-refractivity contribution in [3.63, 3.8) is 0 Å². The van der Waals surface area contributed by atoms with E-state index in [0.717, 1.165) is 12.3 Å². The smallest absolute Gasteiger partial charge is 0.0411 e. The Bertz CT molecular complexity index is 294. The lowest BCUT2D eigenvalue weighted by Gasteiger charge is -2.18. The van der Waals surface area contributed by atoms with Crippen LogP contribution in [0.15, 0.2) is 24.3 Å². The third kappa shape index (κ3) is 5.13. The highest BCUT2D eigenvalue weighted by atomic mass is 32.2. The Morgan fingerprint density at radius 3 is 2.35 bits per heavy atom.